The maximum atomic E-state index is 11.9. The second kappa shape index (κ2) is 7.11. The largest absolute Gasteiger partial charge is 0.352 e. The maximum Gasteiger partial charge on any atom is 0.222 e. The minimum absolute atomic E-state index is 0.172. The number of hydrogen-bond donors (Lipinski definition) is 1. The predicted molar refractivity (Wildman–Crippen MR) is 81.3 cm³/mol. The van der Waals surface area contributed by atoms with Gasteiger partial charge in [0.2, 0.25) is 5.91 Å². The van der Waals surface area contributed by atoms with Crippen molar-refractivity contribution in [1.29, 1.82) is 0 Å². The van der Waals surface area contributed by atoms with Crippen molar-refractivity contribution in [3.05, 3.63) is 22.3 Å². The Kier molecular flexibility index (Phi) is 5.46. The standard InChI is InChI=1S/C13H18Cl2N4O/c14-10-8-11(15)13(17-9-10)19-6-4-18(5-7-19)12(20)2-1-3-16/h8-9H,1-7,16H2. The van der Waals surface area contributed by atoms with E-state index in [9.17, 15) is 4.79 Å². The van der Waals surface area contributed by atoms with Crippen molar-refractivity contribution in [2.75, 3.05) is 37.6 Å². The first-order chi connectivity index (χ1) is 9.61. The molecule has 1 saturated heterocycles. The van der Waals surface area contributed by atoms with E-state index in [1.54, 1.807) is 12.3 Å². The van der Waals surface area contributed by atoms with Crippen LogP contribution in [0.25, 0.3) is 0 Å². The molecule has 1 amide bonds. The van der Waals surface area contributed by atoms with E-state index in [4.69, 9.17) is 28.9 Å². The van der Waals surface area contributed by atoms with Crippen LogP contribution >= 0.6 is 23.2 Å². The van der Waals surface area contributed by atoms with Gasteiger partial charge in [-0.15, -0.1) is 0 Å². The van der Waals surface area contributed by atoms with Gasteiger partial charge in [0.05, 0.1) is 10.0 Å². The Balaban J connectivity index is 1.92. The average Bonchev–Trinajstić information content (AvgIpc) is 2.45. The van der Waals surface area contributed by atoms with Gasteiger partial charge < -0.3 is 15.5 Å². The number of carbonyl (C=O) groups excluding carboxylic acids is 1. The summed E-state index contributed by atoms with van der Waals surface area (Å²) in [5.74, 6) is 0.899. The summed E-state index contributed by atoms with van der Waals surface area (Å²) < 4.78 is 0. The van der Waals surface area contributed by atoms with Crippen molar-refractivity contribution in [3.63, 3.8) is 0 Å². The number of pyridine rings is 1. The molecular weight excluding hydrogens is 299 g/mol. The molecule has 0 aromatic carbocycles. The molecular formula is C13H18Cl2N4O. The molecule has 0 saturated carbocycles. The van der Waals surface area contributed by atoms with Gasteiger partial charge in [-0.1, -0.05) is 23.2 Å². The second-order valence-electron chi connectivity index (χ2n) is 4.72. The molecule has 0 bridgehead atoms. The van der Waals surface area contributed by atoms with Gasteiger partial charge in [0.1, 0.15) is 5.82 Å². The van der Waals surface area contributed by atoms with Crippen LogP contribution in [-0.4, -0.2) is 48.5 Å². The van der Waals surface area contributed by atoms with Crippen molar-refractivity contribution in [3.8, 4) is 0 Å². The van der Waals surface area contributed by atoms with E-state index in [-0.39, 0.29) is 5.91 Å². The van der Waals surface area contributed by atoms with E-state index in [2.05, 4.69) is 9.88 Å². The van der Waals surface area contributed by atoms with E-state index in [1.807, 2.05) is 4.90 Å². The number of amides is 1. The first-order valence-corrected chi connectivity index (χ1v) is 7.41. The van der Waals surface area contributed by atoms with Crippen LogP contribution < -0.4 is 10.6 Å². The minimum atomic E-state index is 0.172. The van der Waals surface area contributed by atoms with Gasteiger partial charge in [0.25, 0.3) is 0 Å². The summed E-state index contributed by atoms with van der Waals surface area (Å²) in [5.41, 5.74) is 5.42. The lowest BCUT2D eigenvalue weighted by atomic mass is 10.2. The van der Waals surface area contributed by atoms with Gasteiger partial charge in [-0.05, 0) is 19.0 Å². The number of hydrogen-bond acceptors (Lipinski definition) is 4. The fourth-order valence-corrected chi connectivity index (χ4v) is 2.72. The van der Waals surface area contributed by atoms with Gasteiger partial charge in [-0.2, -0.15) is 0 Å². The SMILES string of the molecule is NCCCC(=O)N1CCN(c2ncc(Cl)cc2Cl)CC1. The van der Waals surface area contributed by atoms with Crippen molar-refractivity contribution >= 4 is 34.9 Å². The molecule has 1 aromatic heterocycles. The molecule has 1 aromatic rings. The lowest BCUT2D eigenvalue weighted by molar-refractivity contribution is -0.131. The van der Waals surface area contributed by atoms with E-state index >= 15 is 0 Å². The van der Waals surface area contributed by atoms with Crippen molar-refractivity contribution in [2.24, 2.45) is 5.73 Å². The molecule has 1 aliphatic rings. The fraction of sp³-hybridized carbons (Fsp3) is 0.538. The zero-order valence-corrected chi connectivity index (χ0v) is 12.7. The Morgan fingerprint density at radius 1 is 1.30 bits per heavy atom. The Hall–Kier alpha value is -1.04. The molecule has 20 heavy (non-hydrogen) atoms. The molecule has 0 spiro atoms. The number of nitrogens with zero attached hydrogens (tertiary/aromatic N) is 3. The first kappa shape index (κ1) is 15.4. The molecule has 0 aliphatic carbocycles. The number of rotatable bonds is 4. The molecule has 2 heterocycles. The van der Waals surface area contributed by atoms with Gasteiger partial charge in [0, 0.05) is 38.8 Å². The molecule has 2 rings (SSSR count). The third-order valence-corrected chi connectivity index (χ3v) is 3.80. The summed E-state index contributed by atoms with van der Waals surface area (Å²) in [4.78, 5) is 20.1. The number of carbonyl (C=O) groups is 1. The summed E-state index contributed by atoms with van der Waals surface area (Å²) >= 11 is 12.0. The van der Waals surface area contributed by atoms with Crippen LogP contribution in [0.2, 0.25) is 10.0 Å². The van der Waals surface area contributed by atoms with Gasteiger partial charge >= 0.3 is 0 Å². The summed E-state index contributed by atoms with van der Waals surface area (Å²) in [6.07, 6.45) is 2.85. The number of piperazine rings is 1. The van der Waals surface area contributed by atoms with E-state index < -0.39 is 0 Å². The van der Waals surface area contributed by atoms with Crippen LogP contribution in [0.5, 0.6) is 0 Å². The van der Waals surface area contributed by atoms with Crippen LogP contribution in [0.3, 0.4) is 0 Å². The van der Waals surface area contributed by atoms with E-state index in [0.717, 1.165) is 25.3 Å². The quantitative estimate of drug-likeness (QED) is 0.919. The summed E-state index contributed by atoms with van der Waals surface area (Å²) in [7, 11) is 0. The number of halogens is 2. The van der Waals surface area contributed by atoms with Crippen LogP contribution in [0.1, 0.15) is 12.8 Å². The lowest BCUT2D eigenvalue weighted by Crippen LogP contribution is -2.49. The Morgan fingerprint density at radius 3 is 2.60 bits per heavy atom. The van der Waals surface area contributed by atoms with E-state index in [0.29, 0.717) is 36.1 Å². The number of anilines is 1. The molecule has 1 fully saturated rings. The highest BCUT2D eigenvalue weighted by atomic mass is 35.5. The highest BCUT2D eigenvalue weighted by molar-refractivity contribution is 6.36. The van der Waals surface area contributed by atoms with E-state index in [1.165, 1.54) is 0 Å². The number of nitrogens with two attached hydrogens (primary N) is 1. The Bertz CT molecular complexity index is 475. The maximum absolute atomic E-state index is 11.9. The molecule has 110 valence electrons. The van der Waals surface area contributed by atoms with Crippen molar-refractivity contribution in [1.82, 2.24) is 9.88 Å². The smallest absolute Gasteiger partial charge is 0.222 e. The Labute approximate surface area is 128 Å². The normalized spacial score (nSPS) is 15.6. The van der Waals surface area contributed by atoms with Crippen LogP contribution in [0.15, 0.2) is 12.3 Å². The van der Waals surface area contributed by atoms with Gasteiger partial charge in [-0.25, -0.2) is 4.98 Å². The second-order valence-corrected chi connectivity index (χ2v) is 5.56. The topological polar surface area (TPSA) is 62.5 Å². The predicted octanol–water partition coefficient (Wildman–Crippen LogP) is 1.78. The molecule has 1 aliphatic heterocycles. The third kappa shape index (κ3) is 3.75. The molecule has 0 atom stereocenters. The minimum Gasteiger partial charge on any atom is -0.352 e. The molecule has 0 radical (unpaired) electrons. The van der Waals surface area contributed by atoms with Crippen molar-refractivity contribution in [2.45, 2.75) is 12.8 Å². The lowest BCUT2D eigenvalue weighted by Gasteiger charge is -2.35. The highest BCUT2D eigenvalue weighted by Gasteiger charge is 2.22. The number of aromatic nitrogens is 1. The third-order valence-electron chi connectivity index (χ3n) is 3.32. The Morgan fingerprint density at radius 2 is 2.00 bits per heavy atom. The van der Waals surface area contributed by atoms with Crippen molar-refractivity contribution < 1.29 is 4.79 Å². The highest BCUT2D eigenvalue weighted by Crippen LogP contribution is 2.26. The fourth-order valence-electron chi connectivity index (χ4n) is 2.22. The molecule has 0 unspecified atom stereocenters. The summed E-state index contributed by atoms with van der Waals surface area (Å²) in [6, 6.07) is 1.68. The molecule has 7 heteroatoms. The summed E-state index contributed by atoms with van der Waals surface area (Å²) in [5, 5.41) is 1.06. The monoisotopic (exact) mass is 316 g/mol. The molecule has 2 N–H and O–H groups in total. The molecule has 5 nitrogen and oxygen atoms in total. The van der Waals surface area contributed by atoms with Crippen LogP contribution in [0.4, 0.5) is 5.82 Å². The first-order valence-electron chi connectivity index (χ1n) is 6.65. The van der Waals surface area contributed by atoms with Crippen LogP contribution in [-0.2, 0) is 4.79 Å². The van der Waals surface area contributed by atoms with Gasteiger partial charge in [0.15, 0.2) is 0 Å². The zero-order chi connectivity index (χ0) is 14.5. The zero-order valence-electron chi connectivity index (χ0n) is 11.2. The van der Waals surface area contributed by atoms with Crippen LogP contribution in [0, 0.1) is 0 Å². The average molecular weight is 317 g/mol. The summed E-state index contributed by atoms with van der Waals surface area (Å²) in [6.45, 7) is 3.37. The van der Waals surface area contributed by atoms with Gasteiger partial charge in [-0.3, -0.25) is 4.79 Å².